The Morgan fingerprint density at radius 2 is 2.00 bits per heavy atom. The second-order valence-electron chi connectivity index (χ2n) is 5.07. The number of phenols is 1. The highest BCUT2D eigenvalue weighted by Crippen LogP contribution is 2.32. The second-order valence-corrected chi connectivity index (χ2v) is 6.06. The van der Waals surface area contributed by atoms with Crippen molar-refractivity contribution in [2.45, 2.75) is 26.4 Å². The molecule has 1 heterocycles. The lowest BCUT2D eigenvalue weighted by Crippen LogP contribution is -2.35. The average Bonchev–Trinajstić information content (AvgIpc) is 2.77. The molecule has 1 aromatic rings. The highest BCUT2D eigenvalue weighted by Gasteiger charge is 2.36. The Kier molecular flexibility index (Phi) is 5.44. The predicted octanol–water partition coefficient (Wildman–Crippen LogP) is 2.77. The number of esters is 1. The summed E-state index contributed by atoms with van der Waals surface area (Å²) in [7, 11) is 0. The van der Waals surface area contributed by atoms with Crippen LogP contribution in [0.1, 0.15) is 25.8 Å². The van der Waals surface area contributed by atoms with Crippen LogP contribution in [0.2, 0.25) is 0 Å². The van der Waals surface area contributed by atoms with Crippen LogP contribution in [-0.4, -0.2) is 39.8 Å². The summed E-state index contributed by atoms with van der Waals surface area (Å²) in [5.74, 6) is -1.01. The molecule has 1 saturated heterocycles. The van der Waals surface area contributed by atoms with E-state index in [2.05, 4.69) is 0 Å². The number of phenolic OH excluding ortho intramolecular Hbond substituents is 1. The van der Waals surface area contributed by atoms with Gasteiger partial charge in [-0.05, 0) is 48.9 Å². The van der Waals surface area contributed by atoms with Crippen molar-refractivity contribution < 1.29 is 24.2 Å². The SMILES string of the molecule is CC[C@@H](C)OC(=O)CN1C(=O)S/C(=C/c2ccc(O)cc2)C1=O. The molecular weight excluding hydrogens is 318 g/mol. The molecule has 0 aromatic heterocycles. The Morgan fingerprint density at radius 1 is 1.35 bits per heavy atom. The first-order valence-electron chi connectivity index (χ1n) is 7.14. The van der Waals surface area contributed by atoms with Gasteiger partial charge in [0.05, 0.1) is 11.0 Å². The maximum absolute atomic E-state index is 12.2. The van der Waals surface area contributed by atoms with Crippen LogP contribution in [0.4, 0.5) is 4.79 Å². The molecule has 0 bridgehead atoms. The van der Waals surface area contributed by atoms with Crippen LogP contribution in [-0.2, 0) is 14.3 Å². The Balaban J connectivity index is 2.07. The van der Waals surface area contributed by atoms with E-state index in [9.17, 15) is 19.5 Å². The van der Waals surface area contributed by atoms with Crippen LogP contribution in [0.15, 0.2) is 29.2 Å². The lowest BCUT2D eigenvalue weighted by molar-refractivity contribution is -0.150. The van der Waals surface area contributed by atoms with Crippen LogP contribution in [0, 0.1) is 0 Å². The molecule has 1 aliphatic heterocycles. The van der Waals surface area contributed by atoms with Crippen molar-refractivity contribution in [1.29, 1.82) is 0 Å². The van der Waals surface area contributed by atoms with Gasteiger partial charge in [-0.15, -0.1) is 0 Å². The third kappa shape index (κ3) is 4.35. The molecule has 2 rings (SSSR count). The van der Waals surface area contributed by atoms with E-state index in [1.165, 1.54) is 12.1 Å². The highest BCUT2D eigenvalue weighted by atomic mass is 32.2. The monoisotopic (exact) mass is 335 g/mol. The largest absolute Gasteiger partial charge is 0.508 e. The first-order valence-corrected chi connectivity index (χ1v) is 7.96. The number of hydrogen-bond donors (Lipinski definition) is 1. The predicted molar refractivity (Wildman–Crippen MR) is 86.6 cm³/mol. The minimum absolute atomic E-state index is 0.114. The van der Waals surface area contributed by atoms with Crippen molar-refractivity contribution in [1.82, 2.24) is 4.90 Å². The summed E-state index contributed by atoms with van der Waals surface area (Å²) in [5.41, 5.74) is 0.676. The fraction of sp³-hybridized carbons (Fsp3) is 0.312. The van der Waals surface area contributed by atoms with Gasteiger partial charge >= 0.3 is 5.97 Å². The van der Waals surface area contributed by atoms with Crippen LogP contribution in [0.5, 0.6) is 5.75 Å². The zero-order valence-electron chi connectivity index (χ0n) is 12.8. The molecule has 2 amide bonds. The normalized spacial score (nSPS) is 17.7. The summed E-state index contributed by atoms with van der Waals surface area (Å²) < 4.78 is 5.08. The van der Waals surface area contributed by atoms with Gasteiger partial charge in [0.2, 0.25) is 0 Å². The van der Waals surface area contributed by atoms with E-state index in [1.807, 2.05) is 6.92 Å². The van der Waals surface area contributed by atoms with Gasteiger partial charge in [0, 0.05) is 0 Å². The molecule has 0 unspecified atom stereocenters. The fourth-order valence-corrected chi connectivity index (χ4v) is 2.67. The van der Waals surface area contributed by atoms with Gasteiger partial charge in [0.25, 0.3) is 11.1 Å². The van der Waals surface area contributed by atoms with Gasteiger partial charge in [0.15, 0.2) is 0 Å². The summed E-state index contributed by atoms with van der Waals surface area (Å²) in [6.45, 7) is 3.23. The number of aromatic hydroxyl groups is 1. The van der Waals surface area contributed by atoms with E-state index >= 15 is 0 Å². The van der Waals surface area contributed by atoms with Crippen LogP contribution < -0.4 is 0 Å². The smallest absolute Gasteiger partial charge is 0.326 e. The Bertz CT molecular complexity index is 653. The van der Waals surface area contributed by atoms with Gasteiger partial charge in [-0.1, -0.05) is 19.1 Å². The van der Waals surface area contributed by atoms with E-state index in [0.717, 1.165) is 16.7 Å². The van der Waals surface area contributed by atoms with Crippen LogP contribution >= 0.6 is 11.8 Å². The van der Waals surface area contributed by atoms with E-state index in [1.54, 1.807) is 25.1 Å². The molecule has 6 nitrogen and oxygen atoms in total. The zero-order valence-corrected chi connectivity index (χ0v) is 13.6. The van der Waals surface area contributed by atoms with Crippen LogP contribution in [0.25, 0.3) is 6.08 Å². The molecule has 0 radical (unpaired) electrons. The summed E-state index contributed by atoms with van der Waals surface area (Å²) >= 11 is 0.776. The van der Waals surface area contributed by atoms with Crippen molar-refractivity contribution in [2.24, 2.45) is 0 Å². The third-order valence-corrected chi connectivity index (χ3v) is 4.17. The number of benzene rings is 1. The first kappa shape index (κ1) is 17.1. The number of amides is 2. The molecule has 1 aromatic carbocycles. The molecule has 7 heteroatoms. The quantitative estimate of drug-likeness (QED) is 0.658. The van der Waals surface area contributed by atoms with E-state index in [4.69, 9.17) is 4.74 Å². The minimum Gasteiger partial charge on any atom is -0.508 e. The number of hydrogen-bond acceptors (Lipinski definition) is 6. The number of imide groups is 1. The number of carbonyl (C=O) groups excluding carboxylic acids is 3. The lowest BCUT2D eigenvalue weighted by Gasteiger charge is -2.14. The second kappa shape index (κ2) is 7.32. The van der Waals surface area contributed by atoms with Gasteiger partial charge in [-0.2, -0.15) is 0 Å². The lowest BCUT2D eigenvalue weighted by atomic mass is 10.2. The van der Waals surface area contributed by atoms with Gasteiger partial charge in [-0.3, -0.25) is 19.3 Å². The van der Waals surface area contributed by atoms with Crippen LogP contribution in [0.3, 0.4) is 0 Å². The number of ether oxygens (including phenoxy) is 1. The van der Waals surface area contributed by atoms with Crippen molar-refractivity contribution in [2.75, 3.05) is 6.54 Å². The van der Waals surface area contributed by atoms with E-state index < -0.39 is 17.1 Å². The minimum atomic E-state index is -0.604. The summed E-state index contributed by atoms with van der Waals surface area (Å²) in [6, 6.07) is 6.22. The molecule has 1 N–H and O–H groups in total. The topological polar surface area (TPSA) is 83.9 Å². The van der Waals surface area contributed by atoms with Crippen molar-refractivity contribution in [3.05, 3.63) is 34.7 Å². The van der Waals surface area contributed by atoms with E-state index in [0.29, 0.717) is 12.0 Å². The summed E-state index contributed by atoms with van der Waals surface area (Å²) in [5, 5.41) is 8.74. The standard InChI is InChI=1S/C16H17NO5S/c1-3-10(2)22-14(19)9-17-15(20)13(23-16(17)21)8-11-4-6-12(18)7-5-11/h4-8,10,18H,3,9H2,1-2H3/b13-8+/t10-/m1/s1. The van der Waals surface area contributed by atoms with E-state index in [-0.39, 0.29) is 23.3 Å². The summed E-state index contributed by atoms with van der Waals surface area (Å²) in [4.78, 5) is 37.0. The number of thioether (sulfide) groups is 1. The molecule has 122 valence electrons. The number of rotatable bonds is 5. The Morgan fingerprint density at radius 3 is 2.61 bits per heavy atom. The molecule has 1 fully saturated rings. The molecule has 23 heavy (non-hydrogen) atoms. The maximum atomic E-state index is 12.2. The molecule has 1 aliphatic rings. The third-order valence-electron chi connectivity index (χ3n) is 3.26. The molecule has 1 atom stereocenters. The van der Waals surface area contributed by atoms with Gasteiger partial charge in [-0.25, -0.2) is 0 Å². The maximum Gasteiger partial charge on any atom is 0.326 e. The number of carbonyl (C=O) groups is 3. The van der Waals surface area contributed by atoms with Crippen molar-refractivity contribution in [3.8, 4) is 5.75 Å². The van der Waals surface area contributed by atoms with Gasteiger partial charge in [0.1, 0.15) is 12.3 Å². The fourth-order valence-electron chi connectivity index (χ4n) is 1.83. The molecule has 0 aliphatic carbocycles. The first-order chi connectivity index (χ1) is 10.9. The average molecular weight is 335 g/mol. The Labute approximate surface area is 138 Å². The molecule has 0 spiro atoms. The molecule has 0 saturated carbocycles. The highest BCUT2D eigenvalue weighted by molar-refractivity contribution is 8.18. The van der Waals surface area contributed by atoms with Crippen molar-refractivity contribution >= 4 is 35.0 Å². The molecular formula is C16H17NO5S. The summed E-state index contributed by atoms with van der Waals surface area (Å²) in [6.07, 6.45) is 1.95. The zero-order chi connectivity index (χ0) is 17.0. The Hall–Kier alpha value is -2.28. The van der Waals surface area contributed by atoms with Gasteiger partial charge < -0.3 is 9.84 Å². The number of nitrogens with zero attached hydrogens (tertiary/aromatic N) is 1. The van der Waals surface area contributed by atoms with Crippen molar-refractivity contribution in [3.63, 3.8) is 0 Å².